The van der Waals surface area contributed by atoms with Gasteiger partial charge in [0.25, 0.3) is 0 Å². The molecule has 0 unspecified atom stereocenters. The molecule has 3 heteroatoms. The molecule has 1 aliphatic carbocycles. The van der Waals surface area contributed by atoms with Crippen LogP contribution in [0.15, 0.2) is 48.5 Å². The third-order valence-electron chi connectivity index (χ3n) is 5.35. The molecule has 2 aromatic rings. The number of carboxylic acid groups (broad SMARTS) is 1. The molecule has 2 aromatic carbocycles. The van der Waals surface area contributed by atoms with Gasteiger partial charge >= 0.3 is 0 Å². The molecule has 3 rings (SSSR count). The standard InChI is InChI=1S/C23H26O3/c1-22(2)13-14-23(3,4)20-15-18(10-11-19(20)22)26-17-8-5-16(6-9-17)7-12-21(24)25/h5-12,15H,13-14H2,1-4H3,(H,24,25)/p-1/b12-7+. The first-order chi connectivity index (χ1) is 12.2. The maximum Gasteiger partial charge on any atom is 0.127 e. The van der Waals surface area contributed by atoms with Crippen LogP contribution in [0.3, 0.4) is 0 Å². The van der Waals surface area contributed by atoms with Crippen LogP contribution in [0, 0.1) is 0 Å². The number of carbonyl (C=O) groups is 1. The van der Waals surface area contributed by atoms with Crippen molar-refractivity contribution in [2.24, 2.45) is 0 Å². The van der Waals surface area contributed by atoms with Gasteiger partial charge in [-0.15, -0.1) is 0 Å². The fourth-order valence-electron chi connectivity index (χ4n) is 3.58. The molecule has 0 N–H and O–H groups in total. The van der Waals surface area contributed by atoms with Gasteiger partial charge in [-0.05, 0) is 70.7 Å². The van der Waals surface area contributed by atoms with Crippen molar-refractivity contribution in [1.82, 2.24) is 0 Å². The van der Waals surface area contributed by atoms with Gasteiger partial charge in [0, 0.05) is 0 Å². The van der Waals surface area contributed by atoms with E-state index in [1.807, 2.05) is 30.3 Å². The second kappa shape index (κ2) is 6.64. The lowest BCUT2D eigenvalue weighted by molar-refractivity contribution is -0.297. The van der Waals surface area contributed by atoms with Crippen LogP contribution in [0.25, 0.3) is 6.08 Å². The summed E-state index contributed by atoms with van der Waals surface area (Å²) in [6.45, 7) is 9.20. The third kappa shape index (κ3) is 3.82. The minimum Gasteiger partial charge on any atom is -0.545 e. The lowest BCUT2D eigenvalue weighted by Crippen LogP contribution is -2.33. The SMILES string of the molecule is CC1(C)CCC(C)(C)c2cc(Oc3ccc(/C=C/C(=O)[O-])cc3)ccc21. The maximum absolute atomic E-state index is 10.5. The first kappa shape index (κ1) is 18.2. The largest absolute Gasteiger partial charge is 0.545 e. The van der Waals surface area contributed by atoms with Gasteiger partial charge < -0.3 is 14.6 Å². The third-order valence-corrected chi connectivity index (χ3v) is 5.35. The quantitative estimate of drug-likeness (QED) is 0.759. The fourth-order valence-corrected chi connectivity index (χ4v) is 3.58. The summed E-state index contributed by atoms with van der Waals surface area (Å²) in [6.07, 6.45) is 4.87. The van der Waals surface area contributed by atoms with Crippen molar-refractivity contribution >= 4 is 12.0 Å². The topological polar surface area (TPSA) is 49.4 Å². The summed E-state index contributed by atoms with van der Waals surface area (Å²) in [6, 6.07) is 13.7. The van der Waals surface area contributed by atoms with Gasteiger partial charge in [-0.3, -0.25) is 0 Å². The van der Waals surface area contributed by atoms with E-state index in [0.29, 0.717) is 0 Å². The number of hydrogen-bond acceptors (Lipinski definition) is 3. The highest BCUT2D eigenvalue weighted by Gasteiger charge is 2.37. The molecule has 0 radical (unpaired) electrons. The Balaban J connectivity index is 1.84. The van der Waals surface area contributed by atoms with Gasteiger partial charge in [0.05, 0.1) is 5.97 Å². The van der Waals surface area contributed by atoms with Crippen LogP contribution in [0.4, 0.5) is 0 Å². The predicted octanol–water partition coefficient (Wildman–Crippen LogP) is 4.59. The molecule has 0 atom stereocenters. The van der Waals surface area contributed by atoms with Crippen molar-refractivity contribution in [2.45, 2.75) is 51.4 Å². The summed E-state index contributed by atoms with van der Waals surface area (Å²) in [5, 5.41) is 10.5. The van der Waals surface area contributed by atoms with Gasteiger partial charge in [-0.25, -0.2) is 0 Å². The van der Waals surface area contributed by atoms with E-state index in [9.17, 15) is 9.90 Å². The van der Waals surface area contributed by atoms with E-state index in [4.69, 9.17) is 4.74 Å². The van der Waals surface area contributed by atoms with Crippen LogP contribution in [0.5, 0.6) is 11.5 Å². The summed E-state index contributed by atoms with van der Waals surface area (Å²) in [7, 11) is 0. The highest BCUT2D eigenvalue weighted by molar-refractivity contribution is 5.83. The van der Waals surface area contributed by atoms with Crippen molar-refractivity contribution in [3.63, 3.8) is 0 Å². The number of carboxylic acids is 1. The summed E-state index contributed by atoms with van der Waals surface area (Å²) in [4.78, 5) is 10.5. The Morgan fingerprint density at radius 3 is 2.12 bits per heavy atom. The Morgan fingerprint density at radius 1 is 0.923 bits per heavy atom. The number of rotatable bonds is 4. The summed E-state index contributed by atoms with van der Waals surface area (Å²) < 4.78 is 6.03. The number of hydrogen-bond donors (Lipinski definition) is 0. The smallest absolute Gasteiger partial charge is 0.127 e. The molecule has 3 nitrogen and oxygen atoms in total. The summed E-state index contributed by atoms with van der Waals surface area (Å²) >= 11 is 0. The predicted molar refractivity (Wildman–Crippen MR) is 102 cm³/mol. The average Bonchev–Trinajstić information content (AvgIpc) is 2.58. The Labute approximate surface area is 155 Å². The Hall–Kier alpha value is -2.55. The van der Waals surface area contributed by atoms with Crippen LogP contribution in [-0.2, 0) is 15.6 Å². The van der Waals surface area contributed by atoms with Gasteiger partial charge in [0.15, 0.2) is 0 Å². The minimum absolute atomic E-state index is 0.143. The molecule has 136 valence electrons. The summed E-state index contributed by atoms with van der Waals surface area (Å²) in [5.74, 6) is 0.348. The monoisotopic (exact) mass is 349 g/mol. The van der Waals surface area contributed by atoms with Gasteiger partial charge in [-0.2, -0.15) is 0 Å². The molecule has 0 amide bonds. The zero-order valence-electron chi connectivity index (χ0n) is 15.8. The lowest BCUT2D eigenvalue weighted by Gasteiger charge is -2.41. The van der Waals surface area contributed by atoms with Gasteiger partial charge in [0.1, 0.15) is 11.5 Å². The molecular formula is C23H25O3-. The van der Waals surface area contributed by atoms with Crippen LogP contribution in [-0.4, -0.2) is 5.97 Å². The first-order valence-corrected chi connectivity index (χ1v) is 8.99. The van der Waals surface area contributed by atoms with Crippen LogP contribution in [0.1, 0.15) is 57.2 Å². The molecule has 0 spiro atoms. The Morgan fingerprint density at radius 2 is 1.50 bits per heavy atom. The van der Waals surface area contributed by atoms with E-state index in [0.717, 1.165) is 29.6 Å². The number of aliphatic carboxylic acids is 1. The Bertz CT molecular complexity index is 842. The molecule has 0 saturated heterocycles. The first-order valence-electron chi connectivity index (χ1n) is 8.99. The van der Waals surface area contributed by atoms with Crippen molar-refractivity contribution < 1.29 is 14.6 Å². The minimum atomic E-state index is -1.20. The van der Waals surface area contributed by atoms with E-state index >= 15 is 0 Å². The van der Waals surface area contributed by atoms with Crippen molar-refractivity contribution in [3.05, 3.63) is 65.2 Å². The average molecular weight is 349 g/mol. The van der Waals surface area contributed by atoms with Crippen LogP contribution in [0.2, 0.25) is 0 Å². The molecule has 0 bridgehead atoms. The normalized spacial score (nSPS) is 17.7. The Kier molecular flexibility index (Phi) is 4.66. The highest BCUT2D eigenvalue weighted by atomic mass is 16.5. The molecule has 1 aliphatic rings. The van der Waals surface area contributed by atoms with Crippen molar-refractivity contribution in [3.8, 4) is 11.5 Å². The van der Waals surface area contributed by atoms with Crippen molar-refractivity contribution in [2.75, 3.05) is 0 Å². The number of fused-ring (bicyclic) bond motifs is 1. The fraction of sp³-hybridized carbons (Fsp3) is 0.348. The second-order valence-corrected chi connectivity index (χ2v) is 8.30. The molecule has 0 aromatic heterocycles. The van der Waals surface area contributed by atoms with E-state index in [-0.39, 0.29) is 10.8 Å². The molecular weight excluding hydrogens is 324 g/mol. The number of ether oxygens (including phenoxy) is 1. The zero-order valence-corrected chi connectivity index (χ0v) is 15.8. The molecule has 26 heavy (non-hydrogen) atoms. The van der Waals surface area contributed by atoms with E-state index in [2.05, 4.69) is 39.8 Å². The van der Waals surface area contributed by atoms with Crippen LogP contribution < -0.4 is 9.84 Å². The van der Waals surface area contributed by atoms with Crippen LogP contribution >= 0.6 is 0 Å². The number of benzene rings is 2. The van der Waals surface area contributed by atoms with Gasteiger partial charge in [-0.1, -0.05) is 52.0 Å². The molecule has 0 fully saturated rings. The molecule has 0 aliphatic heterocycles. The molecule has 0 saturated carbocycles. The van der Waals surface area contributed by atoms with Gasteiger partial charge in [0.2, 0.25) is 0 Å². The lowest BCUT2D eigenvalue weighted by atomic mass is 9.63. The second-order valence-electron chi connectivity index (χ2n) is 8.30. The summed E-state index contributed by atoms with van der Waals surface area (Å²) in [5.41, 5.74) is 3.89. The van der Waals surface area contributed by atoms with E-state index in [1.54, 1.807) is 0 Å². The molecule has 0 heterocycles. The van der Waals surface area contributed by atoms with Crippen molar-refractivity contribution in [1.29, 1.82) is 0 Å². The number of carbonyl (C=O) groups excluding carboxylic acids is 1. The zero-order chi connectivity index (χ0) is 18.9. The maximum atomic E-state index is 10.5. The highest BCUT2D eigenvalue weighted by Crippen LogP contribution is 2.47. The van der Waals surface area contributed by atoms with E-state index in [1.165, 1.54) is 23.6 Å². The van der Waals surface area contributed by atoms with E-state index < -0.39 is 5.97 Å².